The molecule has 0 bridgehead atoms. The molecule has 1 amide bonds. The number of carbonyl (C=O) groups is 1. The molecule has 2 rings (SSSR count). The van der Waals surface area contributed by atoms with Gasteiger partial charge in [-0.1, -0.05) is 26.8 Å². The zero-order chi connectivity index (χ0) is 25.9. The van der Waals surface area contributed by atoms with E-state index in [0.717, 1.165) is 6.07 Å². The van der Waals surface area contributed by atoms with Crippen LogP contribution < -0.4 is 4.74 Å². The van der Waals surface area contributed by atoms with E-state index in [1.807, 2.05) is 0 Å². The second-order valence-corrected chi connectivity index (χ2v) is 15.8. The third-order valence-electron chi connectivity index (χ3n) is 5.99. The minimum atomic E-state index is -2.06. The van der Waals surface area contributed by atoms with E-state index in [-0.39, 0.29) is 30.8 Å². The largest absolute Gasteiger partial charge is 0.482 e. The number of ether oxygens (including phenoxy) is 3. The Bertz CT molecular complexity index is 883. The van der Waals surface area contributed by atoms with E-state index in [9.17, 15) is 19.3 Å². The minimum Gasteiger partial charge on any atom is -0.482 e. The molecular weight excluding hydrogens is 463 g/mol. The van der Waals surface area contributed by atoms with Crippen molar-refractivity contribution in [2.24, 2.45) is 0 Å². The molecule has 1 saturated heterocycles. The van der Waals surface area contributed by atoms with E-state index in [4.69, 9.17) is 18.6 Å². The van der Waals surface area contributed by atoms with E-state index < -0.39 is 48.3 Å². The maximum absolute atomic E-state index is 14.2. The van der Waals surface area contributed by atoms with Crippen LogP contribution in [0.3, 0.4) is 0 Å². The first-order valence-electron chi connectivity index (χ1n) is 11.3. The van der Waals surface area contributed by atoms with Crippen molar-refractivity contribution in [3.63, 3.8) is 0 Å². The van der Waals surface area contributed by atoms with Crippen molar-refractivity contribution < 1.29 is 32.7 Å². The number of halogens is 1. The second-order valence-electron chi connectivity index (χ2n) is 11.0. The highest BCUT2D eigenvalue weighted by atomic mass is 28.4. The molecule has 0 radical (unpaired) electrons. The van der Waals surface area contributed by atoms with Crippen LogP contribution in [0.2, 0.25) is 18.1 Å². The quantitative estimate of drug-likeness (QED) is 0.290. The third kappa shape index (κ3) is 7.38. The zero-order valence-electron chi connectivity index (χ0n) is 21.3. The van der Waals surface area contributed by atoms with Gasteiger partial charge in [0, 0.05) is 6.07 Å². The number of nitrogens with zero attached hydrogens (tertiary/aromatic N) is 2. The second kappa shape index (κ2) is 10.6. The molecule has 0 aromatic heterocycles. The molecule has 0 saturated carbocycles. The summed E-state index contributed by atoms with van der Waals surface area (Å²) in [5.74, 6) is -1.29. The van der Waals surface area contributed by atoms with Gasteiger partial charge in [0.25, 0.3) is 0 Å². The van der Waals surface area contributed by atoms with E-state index in [1.165, 1.54) is 12.1 Å². The summed E-state index contributed by atoms with van der Waals surface area (Å²) in [6, 6.07) is 3.13. The van der Waals surface area contributed by atoms with E-state index in [1.54, 1.807) is 25.7 Å². The topological polar surface area (TPSA) is 100 Å². The molecule has 1 heterocycles. The average molecular weight is 501 g/mol. The van der Waals surface area contributed by atoms with E-state index >= 15 is 0 Å². The van der Waals surface area contributed by atoms with Gasteiger partial charge in [0.1, 0.15) is 18.3 Å². The monoisotopic (exact) mass is 500 g/mol. The number of hydrogen-bond donors (Lipinski definition) is 0. The maximum Gasteiger partial charge on any atom is 0.410 e. The van der Waals surface area contributed by atoms with Crippen LogP contribution in [0.1, 0.15) is 41.5 Å². The fourth-order valence-electron chi connectivity index (χ4n) is 3.02. The van der Waals surface area contributed by atoms with Crippen LogP contribution in [0, 0.1) is 15.9 Å². The molecule has 1 aliphatic heterocycles. The Kier molecular flexibility index (Phi) is 8.70. The summed E-state index contributed by atoms with van der Waals surface area (Å²) in [4.78, 5) is 25.0. The van der Waals surface area contributed by atoms with Gasteiger partial charge in [-0.25, -0.2) is 9.18 Å². The molecule has 0 aliphatic carbocycles. The predicted molar refractivity (Wildman–Crippen MR) is 128 cm³/mol. The number of para-hydroxylation sites is 1. The van der Waals surface area contributed by atoms with Gasteiger partial charge in [-0.15, -0.1) is 0 Å². The minimum absolute atomic E-state index is 0.00409. The number of rotatable bonds is 7. The van der Waals surface area contributed by atoms with Gasteiger partial charge < -0.3 is 18.6 Å². The Morgan fingerprint density at radius 2 is 1.88 bits per heavy atom. The standard InChI is InChI=1S/C23H37FN2O7Si/c1-22(2,3)33-21(27)25-12-17(15-31-20-18(24)10-9-11-19(20)26(28)29)30-13-16(25)14-32-34(7,8)23(4,5)6/h9-11,16-17H,12-15H2,1-8H3. The number of nitro benzene ring substituents is 1. The molecular formula is C23H37FN2O7Si. The van der Waals surface area contributed by atoms with Gasteiger partial charge in [0.05, 0.1) is 30.7 Å². The Morgan fingerprint density at radius 3 is 2.44 bits per heavy atom. The van der Waals surface area contributed by atoms with Crippen molar-refractivity contribution in [2.75, 3.05) is 26.4 Å². The first-order chi connectivity index (χ1) is 15.5. The number of nitro groups is 1. The first-order valence-corrected chi connectivity index (χ1v) is 14.2. The summed E-state index contributed by atoms with van der Waals surface area (Å²) in [5.41, 5.74) is -1.17. The number of hydrogen-bond acceptors (Lipinski definition) is 7. The van der Waals surface area contributed by atoms with Crippen LogP contribution in [0.15, 0.2) is 18.2 Å². The van der Waals surface area contributed by atoms with Gasteiger partial charge >= 0.3 is 11.8 Å². The SMILES string of the molecule is CC(C)(C)OC(=O)N1CC(COc2c(F)cccc2[N+](=O)[O-])OCC1CO[Si](C)(C)C(C)(C)C. The van der Waals surface area contributed by atoms with Crippen LogP contribution in [0.5, 0.6) is 5.75 Å². The lowest BCUT2D eigenvalue weighted by Gasteiger charge is -2.42. The summed E-state index contributed by atoms with van der Waals surface area (Å²) in [7, 11) is -2.06. The summed E-state index contributed by atoms with van der Waals surface area (Å²) in [5, 5.41) is 11.2. The first kappa shape index (κ1) is 28.0. The van der Waals surface area contributed by atoms with E-state index in [0.29, 0.717) is 6.61 Å². The normalized spacial score (nSPS) is 19.6. The molecule has 192 valence electrons. The number of morpholine rings is 1. The summed E-state index contributed by atoms with van der Waals surface area (Å²) in [6.45, 7) is 16.4. The lowest BCUT2D eigenvalue weighted by molar-refractivity contribution is -0.386. The maximum atomic E-state index is 14.2. The predicted octanol–water partition coefficient (Wildman–Crippen LogP) is 5.14. The van der Waals surface area contributed by atoms with Gasteiger partial charge in [0.15, 0.2) is 14.1 Å². The smallest absolute Gasteiger partial charge is 0.410 e. The Hall–Kier alpha value is -2.24. The molecule has 34 heavy (non-hydrogen) atoms. The Balaban J connectivity index is 2.14. The van der Waals surface area contributed by atoms with Gasteiger partial charge in [-0.3, -0.25) is 15.0 Å². The van der Waals surface area contributed by atoms with Crippen LogP contribution in [-0.2, 0) is 13.9 Å². The van der Waals surface area contributed by atoms with Crippen LogP contribution in [0.4, 0.5) is 14.9 Å². The van der Waals surface area contributed by atoms with Gasteiger partial charge in [-0.2, -0.15) is 0 Å². The lowest BCUT2D eigenvalue weighted by Crippen LogP contribution is -2.57. The summed E-state index contributed by atoms with van der Waals surface area (Å²) in [6.07, 6.45) is -1.14. The van der Waals surface area contributed by atoms with E-state index in [2.05, 4.69) is 33.9 Å². The van der Waals surface area contributed by atoms with Crippen LogP contribution in [0.25, 0.3) is 0 Å². The lowest BCUT2D eigenvalue weighted by atomic mass is 10.2. The molecule has 0 N–H and O–H groups in total. The van der Waals surface area contributed by atoms with Gasteiger partial charge in [0.2, 0.25) is 5.75 Å². The number of amides is 1. The fourth-order valence-corrected chi connectivity index (χ4v) is 4.06. The average Bonchev–Trinajstić information content (AvgIpc) is 2.69. The van der Waals surface area contributed by atoms with Crippen molar-refractivity contribution in [3.05, 3.63) is 34.1 Å². The fraction of sp³-hybridized carbons (Fsp3) is 0.696. The summed E-state index contributed by atoms with van der Waals surface area (Å²) >= 11 is 0. The highest BCUT2D eigenvalue weighted by molar-refractivity contribution is 6.74. The molecule has 11 heteroatoms. The molecule has 1 aliphatic rings. The Labute approximate surface area is 201 Å². The molecule has 1 fully saturated rings. The number of benzene rings is 1. The molecule has 9 nitrogen and oxygen atoms in total. The van der Waals surface area contributed by atoms with Crippen LogP contribution >= 0.6 is 0 Å². The summed E-state index contributed by atoms with van der Waals surface area (Å²) < 4.78 is 37.4. The highest BCUT2D eigenvalue weighted by Gasteiger charge is 2.41. The molecule has 1 aromatic carbocycles. The molecule has 0 spiro atoms. The van der Waals surface area contributed by atoms with Gasteiger partial charge in [-0.05, 0) is 45.0 Å². The van der Waals surface area contributed by atoms with Crippen LogP contribution in [-0.4, -0.2) is 68.3 Å². The van der Waals surface area contributed by atoms with Crippen molar-refractivity contribution in [1.82, 2.24) is 4.90 Å². The van der Waals surface area contributed by atoms with Crippen molar-refractivity contribution >= 4 is 20.1 Å². The molecule has 1 aromatic rings. The Morgan fingerprint density at radius 1 is 1.24 bits per heavy atom. The molecule has 2 unspecified atom stereocenters. The highest BCUT2D eigenvalue weighted by Crippen LogP contribution is 2.37. The van der Waals surface area contributed by atoms with Crippen molar-refractivity contribution in [1.29, 1.82) is 0 Å². The number of carbonyl (C=O) groups excluding carboxylic acids is 1. The third-order valence-corrected chi connectivity index (χ3v) is 10.5. The van der Waals surface area contributed by atoms with Crippen molar-refractivity contribution in [2.45, 2.75) is 77.4 Å². The van der Waals surface area contributed by atoms with Crippen molar-refractivity contribution in [3.8, 4) is 5.75 Å². The zero-order valence-corrected chi connectivity index (χ0v) is 22.3. The molecule has 2 atom stereocenters.